The third-order valence-corrected chi connectivity index (χ3v) is 7.20. The zero-order chi connectivity index (χ0) is 27.0. The van der Waals surface area contributed by atoms with Crippen molar-refractivity contribution in [3.63, 3.8) is 0 Å². The largest absolute Gasteiger partial charge is 0.508 e. The number of hydrogen-bond donors (Lipinski definition) is 2. The third-order valence-electron chi connectivity index (χ3n) is 7.20. The molecule has 0 bridgehead atoms. The van der Waals surface area contributed by atoms with Crippen LogP contribution in [0.3, 0.4) is 0 Å². The van der Waals surface area contributed by atoms with E-state index < -0.39 is 17.9 Å². The van der Waals surface area contributed by atoms with E-state index in [-0.39, 0.29) is 40.0 Å². The average molecular weight is 526 g/mol. The SMILES string of the molecule is CC1CCN(C(C)COc2ccc(C3Oc4ccc(O)cc4C(C(F)(F)F)=C3c3cccc(O)c3)cc2)C1. The first-order valence-corrected chi connectivity index (χ1v) is 12.7. The van der Waals surface area contributed by atoms with E-state index in [4.69, 9.17) is 9.47 Å². The standard InChI is InChI=1S/C30H30F3NO4/c1-18-12-13-34(16-18)19(2)17-37-24-9-6-20(7-10-24)29-27(21-4-3-5-22(35)14-21)28(30(31,32)33)25-15-23(36)8-11-26(25)38-29/h3-11,14-15,18-19,29,35-36H,12-13,16-17H2,1-2H3. The first-order valence-electron chi connectivity index (χ1n) is 12.7. The molecule has 2 aliphatic heterocycles. The summed E-state index contributed by atoms with van der Waals surface area (Å²) >= 11 is 0. The summed E-state index contributed by atoms with van der Waals surface area (Å²) in [5.41, 5.74) is -0.642. The molecule has 3 atom stereocenters. The molecule has 5 rings (SSSR count). The van der Waals surface area contributed by atoms with Gasteiger partial charge in [-0.05, 0) is 79.4 Å². The van der Waals surface area contributed by atoms with Crippen molar-refractivity contribution in [2.24, 2.45) is 5.92 Å². The van der Waals surface area contributed by atoms with Crippen LogP contribution in [0.2, 0.25) is 0 Å². The normalized spacial score (nSPS) is 20.7. The van der Waals surface area contributed by atoms with Crippen LogP contribution in [0.5, 0.6) is 23.0 Å². The number of alkyl halides is 3. The third kappa shape index (κ3) is 5.31. The molecule has 3 unspecified atom stereocenters. The second-order valence-electron chi connectivity index (χ2n) is 10.1. The second-order valence-corrected chi connectivity index (χ2v) is 10.1. The first kappa shape index (κ1) is 26.0. The van der Waals surface area contributed by atoms with Gasteiger partial charge in [-0.2, -0.15) is 13.2 Å². The molecule has 2 N–H and O–H groups in total. The average Bonchev–Trinajstić information content (AvgIpc) is 3.32. The minimum Gasteiger partial charge on any atom is -0.508 e. The van der Waals surface area contributed by atoms with E-state index in [1.54, 1.807) is 24.3 Å². The van der Waals surface area contributed by atoms with Gasteiger partial charge in [0.15, 0.2) is 6.10 Å². The molecule has 5 nitrogen and oxygen atoms in total. The second kappa shape index (κ2) is 10.3. The van der Waals surface area contributed by atoms with Gasteiger partial charge in [-0.25, -0.2) is 0 Å². The Morgan fingerprint density at radius 1 is 1.03 bits per heavy atom. The number of phenolic OH excluding ortho intramolecular Hbond substituents is 2. The van der Waals surface area contributed by atoms with Crippen LogP contribution in [-0.2, 0) is 0 Å². The highest BCUT2D eigenvalue weighted by atomic mass is 19.4. The summed E-state index contributed by atoms with van der Waals surface area (Å²) in [5.74, 6) is 0.840. The molecule has 0 aromatic heterocycles. The molecule has 0 amide bonds. The summed E-state index contributed by atoms with van der Waals surface area (Å²) in [7, 11) is 0. The van der Waals surface area contributed by atoms with Gasteiger partial charge in [-0.1, -0.05) is 31.2 Å². The summed E-state index contributed by atoms with van der Waals surface area (Å²) in [6.45, 7) is 6.98. The Labute approximate surface area is 219 Å². The molecule has 2 heterocycles. The van der Waals surface area contributed by atoms with Crippen LogP contribution in [-0.4, -0.2) is 47.0 Å². The van der Waals surface area contributed by atoms with Gasteiger partial charge in [0, 0.05) is 23.7 Å². The fraction of sp³-hybridized carbons (Fsp3) is 0.333. The van der Waals surface area contributed by atoms with Crippen molar-refractivity contribution in [3.05, 3.63) is 83.4 Å². The van der Waals surface area contributed by atoms with Crippen LogP contribution in [0.25, 0.3) is 11.1 Å². The predicted molar refractivity (Wildman–Crippen MR) is 139 cm³/mol. The number of fused-ring (bicyclic) bond motifs is 1. The Hall–Kier alpha value is -3.65. The van der Waals surface area contributed by atoms with Crippen molar-refractivity contribution < 1.29 is 32.9 Å². The number of likely N-dealkylation sites (tertiary alicyclic amines) is 1. The van der Waals surface area contributed by atoms with E-state index in [0.29, 0.717) is 23.8 Å². The molecule has 0 aliphatic carbocycles. The van der Waals surface area contributed by atoms with Crippen molar-refractivity contribution in [1.82, 2.24) is 4.90 Å². The Morgan fingerprint density at radius 2 is 1.76 bits per heavy atom. The van der Waals surface area contributed by atoms with Gasteiger partial charge in [0.2, 0.25) is 0 Å². The molecular weight excluding hydrogens is 495 g/mol. The van der Waals surface area contributed by atoms with E-state index in [2.05, 4.69) is 18.7 Å². The zero-order valence-corrected chi connectivity index (χ0v) is 21.2. The molecule has 1 saturated heterocycles. The number of halogens is 3. The monoisotopic (exact) mass is 525 g/mol. The number of phenols is 2. The van der Waals surface area contributed by atoms with Crippen molar-refractivity contribution in [2.45, 2.75) is 38.6 Å². The zero-order valence-electron chi connectivity index (χ0n) is 21.2. The highest BCUT2D eigenvalue weighted by Gasteiger charge is 2.44. The number of hydrogen-bond acceptors (Lipinski definition) is 5. The van der Waals surface area contributed by atoms with Crippen LogP contribution < -0.4 is 9.47 Å². The summed E-state index contributed by atoms with van der Waals surface area (Å²) in [6.07, 6.45) is -4.68. The molecule has 0 saturated carbocycles. The van der Waals surface area contributed by atoms with Crippen molar-refractivity contribution in [1.29, 1.82) is 0 Å². The van der Waals surface area contributed by atoms with Gasteiger partial charge >= 0.3 is 6.18 Å². The minimum absolute atomic E-state index is 0.0121. The number of nitrogens with zero attached hydrogens (tertiary/aromatic N) is 1. The Bertz CT molecular complexity index is 1340. The quantitative estimate of drug-likeness (QED) is 0.370. The smallest absolute Gasteiger partial charge is 0.417 e. The molecule has 8 heteroatoms. The fourth-order valence-electron chi connectivity index (χ4n) is 5.22. The number of aromatic hydroxyl groups is 2. The van der Waals surface area contributed by atoms with E-state index in [1.165, 1.54) is 42.8 Å². The molecular formula is C30H30F3NO4. The maximum Gasteiger partial charge on any atom is 0.417 e. The summed E-state index contributed by atoms with van der Waals surface area (Å²) in [5, 5.41) is 20.0. The van der Waals surface area contributed by atoms with Crippen LogP contribution in [0.15, 0.2) is 66.7 Å². The number of ether oxygens (including phenoxy) is 2. The summed E-state index contributed by atoms with van der Waals surface area (Å²) < 4.78 is 55.9. The van der Waals surface area contributed by atoms with E-state index >= 15 is 0 Å². The molecule has 200 valence electrons. The maximum absolute atomic E-state index is 14.6. The van der Waals surface area contributed by atoms with E-state index in [0.717, 1.165) is 19.2 Å². The predicted octanol–water partition coefficient (Wildman–Crippen LogP) is 6.81. The summed E-state index contributed by atoms with van der Waals surface area (Å²) in [4.78, 5) is 2.40. The minimum atomic E-state index is -4.75. The molecule has 1 fully saturated rings. The molecule has 2 aliphatic rings. The molecule has 0 radical (unpaired) electrons. The van der Waals surface area contributed by atoms with Crippen molar-refractivity contribution in [2.75, 3.05) is 19.7 Å². The number of allylic oxidation sites excluding steroid dienone is 1. The Morgan fingerprint density at radius 3 is 2.42 bits per heavy atom. The highest BCUT2D eigenvalue weighted by Crippen LogP contribution is 2.53. The number of benzene rings is 3. The van der Waals surface area contributed by atoms with Crippen molar-refractivity contribution in [3.8, 4) is 23.0 Å². The Kier molecular flexibility index (Phi) is 7.01. The van der Waals surface area contributed by atoms with Crippen LogP contribution in [0.1, 0.15) is 43.1 Å². The lowest BCUT2D eigenvalue weighted by molar-refractivity contribution is -0.0695. The van der Waals surface area contributed by atoms with Gasteiger partial charge in [0.25, 0.3) is 0 Å². The number of rotatable bonds is 6. The van der Waals surface area contributed by atoms with Gasteiger partial charge in [-0.3, -0.25) is 4.90 Å². The van der Waals surface area contributed by atoms with Gasteiger partial charge in [0.05, 0.1) is 5.57 Å². The van der Waals surface area contributed by atoms with Gasteiger partial charge in [-0.15, -0.1) is 0 Å². The summed E-state index contributed by atoms with van der Waals surface area (Å²) in [6, 6.07) is 16.5. The fourth-order valence-corrected chi connectivity index (χ4v) is 5.22. The lowest BCUT2D eigenvalue weighted by atomic mass is 9.85. The molecule has 0 spiro atoms. The van der Waals surface area contributed by atoms with Crippen molar-refractivity contribution >= 4 is 11.1 Å². The molecule has 38 heavy (non-hydrogen) atoms. The first-order chi connectivity index (χ1) is 18.1. The van der Waals surface area contributed by atoms with Gasteiger partial charge < -0.3 is 19.7 Å². The molecule has 3 aromatic carbocycles. The maximum atomic E-state index is 14.6. The lowest BCUT2D eigenvalue weighted by Gasteiger charge is -2.33. The van der Waals surface area contributed by atoms with E-state index in [9.17, 15) is 23.4 Å². The van der Waals surface area contributed by atoms with E-state index in [1.807, 2.05) is 0 Å². The van der Waals surface area contributed by atoms with Crippen LogP contribution in [0.4, 0.5) is 13.2 Å². The topological polar surface area (TPSA) is 62.2 Å². The lowest BCUT2D eigenvalue weighted by Crippen LogP contribution is -2.35. The highest BCUT2D eigenvalue weighted by molar-refractivity contribution is 5.98. The van der Waals surface area contributed by atoms with Gasteiger partial charge in [0.1, 0.15) is 29.6 Å². The van der Waals surface area contributed by atoms with Crippen LogP contribution >= 0.6 is 0 Å². The molecule has 3 aromatic rings. The Balaban J connectivity index is 1.50. The van der Waals surface area contributed by atoms with Crippen LogP contribution in [0, 0.1) is 5.92 Å².